The lowest BCUT2D eigenvalue weighted by atomic mass is 10.0. The molecule has 1 saturated heterocycles. The highest BCUT2D eigenvalue weighted by Gasteiger charge is 2.23. The predicted octanol–water partition coefficient (Wildman–Crippen LogP) is 2.29. The second-order valence-corrected chi connectivity index (χ2v) is 5.51. The Kier molecular flexibility index (Phi) is 3.69. The molecule has 1 fully saturated rings. The van der Waals surface area contributed by atoms with E-state index in [9.17, 15) is 0 Å². The molecule has 1 aromatic carbocycles. The minimum absolute atomic E-state index is 0.462. The van der Waals surface area contributed by atoms with E-state index in [1.165, 1.54) is 10.6 Å². The van der Waals surface area contributed by atoms with Crippen LogP contribution in [0.5, 0.6) is 0 Å². The number of benzene rings is 1. The molecule has 0 spiro atoms. The Morgan fingerprint density at radius 1 is 1.33 bits per heavy atom. The molecule has 1 unspecified atom stereocenters. The van der Waals surface area contributed by atoms with E-state index in [1.807, 2.05) is 6.20 Å². The molecule has 0 saturated carbocycles. The van der Waals surface area contributed by atoms with Crippen LogP contribution >= 0.6 is 11.3 Å². The third-order valence-electron chi connectivity index (χ3n) is 3.36. The molecule has 2 heterocycles. The smallest absolute Gasteiger partial charge is 0.107 e. The van der Waals surface area contributed by atoms with E-state index in [-0.39, 0.29) is 0 Å². The summed E-state index contributed by atoms with van der Waals surface area (Å²) in [4.78, 5) is 6.91. The van der Waals surface area contributed by atoms with Gasteiger partial charge in [-0.3, -0.25) is 4.90 Å². The van der Waals surface area contributed by atoms with E-state index in [0.717, 1.165) is 26.2 Å². The Morgan fingerprint density at radius 2 is 2.22 bits per heavy atom. The topological polar surface area (TPSA) is 28.2 Å². The van der Waals surface area contributed by atoms with Gasteiger partial charge in [0.05, 0.1) is 6.54 Å². The number of aromatic nitrogens is 1. The van der Waals surface area contributed by atoms with Crippen LogP contribution in [0.15, 0.2) is 41.9 Å². The predicted molar refractivity (Wildman–Crippen MR) is 74.6 cm³/mol. The van der Waals surface area contributed by atoms with Crippen molar-refractivity contribution >= 4 is 11.3 Å². The van der Waals surface area contributed by atoms with Gasteiger partial charge in [-0.15, -0.1) is 11.3 Å². The first-order valence-corrected chi connectivity index (χ1v) is 7.19. The molecule has 2 aromatic rings. The Hall–Kier alpha value is -1.23. The zero-order valence-electron chi connectivity index (χ0n) is 10.2. The van der Waals surface area contributed by atoms with Gasteiger partial charge >= 0.3 is 0 Å². The summed E-state index contributed by atoms with van der Waals surface area (Å²) in [5.74, 6) is 0. The third-order valence-corrected chi connectivity index (χ3v) is 4.12. The molecule has 0 radical (unpaired) electrons. The summed E-state index contributed by atoms with van der Waals surface area (Å²) in [5.41, 5.74) is 1.39. The van der Waals surface area contributed by atoms with Crippen LogP contribution in [0.2, 0.25) is 0 Å². The van der Waals surface area contributed by atoms with E-state index in [1.54, 1.807) is 11.3 Å². The molecule has 1 aliphatic heterocycles. The molecule has 94 valence electrons. The van der Waals surface area contributed by atoms with E-state index in [0.29, 0.717) is 6.04 Å². The molecule has 1 aromatic heterocycles. The summed E-state index contributed by atoms with van der Waals surface area (Å²) in [6.07, 6.45) is 1.89. The summed E-state index contributed by atoms with van der Waals surface area (Å²) in [7, 11) is 0. The highest BCUT2D eigenvalue weighted by Crippen LogP contribution is 2.24. The quantitative estimate of drug-likeness (QED) is 0.916. The fraction of sp³-hybridized carbons (Fsp3) is 0.357. The Labute approximate surface area is 111 Å². The lowest BCUT2D eigenvalue weighted by molar-refractivity contribution is 0.153. The van der Waals surface area contributed by atoms with Gasteiger partial charge in [0.2, 0.25) is 0 Å². The summed E-state index contributed by atoms with van der Waals surface area (Å²) in [6, 6.07) is 11.2. The largest absolute Gasteiger partial charge is 0.314 e. The second-order valence-electron chi connectivity index (χ2n) is 4.53. The van der Waals surface area contributed by atoms with Gasteiger partial charge in [0, 0.05) is 37.3 Å². The summed E-state index contributed by atoms with van der Waals surface area (Å²) in [5, 5.41) is 6.74. The van der Waals surface area contributed by atoms with Gasteiger partial charge in [-0.2, -0.15) is 0 Å². The second kappa shape index (κ2) is 5.61. The van der Waals surface area contributed by atoms with Crippen molar-refractivity contribution in [2.45, 2.75) is 12.6 Å². The van der Waals surface area contributed by atoms with Crippen LogP contribution in [0.25, 0.3) is 0 Å². The number of nitrogens with one attached hydrogen (secondary N) is 1. The van der Waals surface area contributed by atoms with Gasteiger partial charge in [-0.1, -0.05) is 30.3 Å². The van der Waals surface area contributed by atoms with Gasteiger partial charge in [-0.05, 0) is 5.56 Å². The molecule has 4 heteroatoms. The molecule has 0 aliphatic carbocycles. The minimum atomic E-state index is 0.462. The van der Waals surface area contributed by atoms with Gasteiger partial charge in [0.15, 0.2) is 0 Å². The van der Waals surface area contributed by atoms with Gasteiger partial charge in [0.1, 0.15) is 5.01 Å². The van der Waals surface area contributed by atoms with Crippen LogP contribution in [0.4, 0.5) is 0 Å². The maximum atomic E-state index is 4.39. The van der Waals surface area contributed by atoms with Crippen molar-refractivity contribution in [2.75, 3.05) is 19.6 Å². The molecule has 0 bridgehead atoms. The third kappa shape index (κ3) is 2.61. The lowest BCUT2D eigenvalue weighted by Gasteiger charge is -2.36. The van der Waals surface area contributed by atoms with Crippen LogP contribution in [0, 0.1) is 0 Å². The number of rotatable bonds is 3. The van der Waals surface area contributed by atoms with Gasteiger partial charge in [-0.25, -0.2) is 4.98 Å². The molecule has 0 amide bonds. The first kappa shape index (κ1) is 11.8. The van der Waals surface area contributed by atoms with Crippen LogP contribution in [0.1, 0.15) is 16.6 Å². The number of thiazole rings is 1. The zero-order valence-corrected chi connectivity index (χ0v) is 11.1. The lowest BCUT2D eigenvalue weighted by Crippen LogP contribution is -2.45. The minimum Gasteiger partial charge on any atom is -0.314 e. The van der Waals surface area contributed by atoms with E-state index in [2.05, 4.69) is 50.9 Å². The van der Waals surface area contributed by atoms with Crippen LogP contribution in [-0.2, 0) is 6.54 Å². The van der Waals surface area contributed by atoms with Gasteiger partial charge < -0.3 is 5.32 Å². The maximum Gasteiger partial charge on any atom is 0.107 e. The SMILES string of the molecule is c1ccc(C2CNCCN2Cc2nccs2)cc1. The van der Waals surface area contributed by atoms with Crippen LogP contribution in [-0.4, -0.2) is 29.5 Å². The average Bonchev–Trinajstić information content (AvgIpc) is 2.93. The highest BCUT2D eigenvalue weighted by atomic mass is 32.1. The molecule has 3 rings (SSSR count). The maximum absolute atomic E-state index is 4.39. The molecule has 18 heavy (non-hydrogen) atoms. The first-order valence-electron chi connectivity index (χ1n) is 6.31. The first-order chi connectivity index (χ1) is 8.93. The molecular formula is C14H17N3S. The van der Waals surface area contributed by atoms with Crippen molar-refractivity contribution in [1.82, 2.24) is 15.2 Å². The van der Waals surface area contributed by atoms with Crippen LogP contribution in [0.3, 0.4) is 0 Å². The highest BCUT2D eigenvalue weighted by molar-refractivity contribution is 7.09. The Bertz CT molecular complexity index is 469. The fourth-order valence-electron chi connectivity index (χ4n) is 2.44. The number of hydrogen-bond donors (Lipinski definition) is 1. The normalized spacial score (nSPS) is 21.0. The van der Waals surface area contributed by atoms with Crippen molar-refractivity contribution in [3.8, 4) is 0 Å². The van der Waals surface area contributed by atoms with Crippen LogP contribution < -0.4 is 5.32 Å². The summed E-state index contributed by atoms with van der Waals surface area (Å²) < 4.78 is 0. The van der Waals surface area contributed by atoms with E-state index in [4.69, 9.17) is 0 Å². The molecule has 3 nitrogen and oxygen atoms in total. The number of hydrogen-bond acceptors (Lipinski definition) is 4. The van der Waals surface area contributed by atoms with Crippen molar-refractivity contribution in [2.24, 2.45) is 0 Å². The number of nitrogens with zero attached hydrogens (tertiary/aromatic N) is 2. The average molecular weight is 259 g/mol. The Morgan fingerprint density at radius 3 is 3.00 bits per heavy atom. The standard InChI is InChI=1S/C14H17N3S/c1-2-4-12(5-3-1)13-10-15-6-8-17(13)11-14-16-7-9-18-14/h1-5,7,9,13,15H,6,8,10-11H2. The summed E-state index contributed by atoms with van der Waals surface area (Å²) >= 11 is 1.74. The van der Waals surface area contributed by atoms with E-state index >= 15 is 0 Å². The van der Waals surface area contributed by atoms with Crippen molar-refractivity contribution in [3.63, 3.8) is 0 Å². The molecule has 1 N–H and O–H groups in total. The molecule has 1 aliphatic rings. The molecule has 1 atom stereocenters. The van der Waals surface area contributed by atoms with Crippen molar-refractivity contribution in [1.29, 1.82) is 0 Å². The van der Waals surface area contributed by atoms with Crippen molar-refractivity contribution < 1.29 is 0 Å². The number of piperazine rings is 1. The monoisotopic (exact) mass is 259 g/mol. The zero-order chi connectivity index (χ0) is 12.2. The fourth-order valence-corrected chi connectivity index (χ4v) is 3.09. The molecular weight excluding hydrogens is 242 g/mol. The summed E-state index contributed by atoms with van der Waals surface area (Å²) in [6.45, 7) is 4.13. The van der Waals surface area contributed by atoms with E-state index < -0.39 is 0 Å². The van der Waals surface area contributed by atoms with Crippen molar-refractivity contribution in [3.05, 3.63) is 52.5 Å². The van der Waals surface area contributed by atoms with Gasteiger partial charge in [0.25, 0.3) is 0 Å². The Balaban J connectivity index is 1.78.